The van der Waals surface area contributed by atoms with Crippen molar-refractivity contribution < 1.29 is 5.11 Å². The van der Waals surface area contributed by atoms with Crippen LogP contribution in [0.15, 0.2) is 27.1 Å². The van der Waals surface area contributed by atoms with Gasteiger partial charge in [0.25, 0.3) is 0 Å². The maximum atomic E-state index is 10.6. The van der Waals surface area contributed by atoms with Gasteiger partial charge in [-0.25, -0.2) is 0 Å². The highest BCUT2D eigenvalue weighted by Crippen LogP contribution is 2.33. The monoisotopic (exact) mass is 403 g/mol. The van der Waals surface area contributed by atoms with E-state index < -0.39 is 5.60 Å². The fourth-order valence-electron chi connectivity index (χ4n) is 2.89. The Bertz CT molecular complexity index is 442. The van der Waals surface area contributed by atoms with Crippen molar-refractivity contribution in [1.82, 2.24) is 5.32 Å². The van der Waals surface area contributed by atoms with Gasteiger partial charge in [0.2, 0.25) is 0 Å². The van der Waals surface area contributed by atoms with Gasteiger partial charge in [-0.3, -0.25) is 0 Å². The van der Waals surface area contributed by atoms with Crippen LogP contribution in [0, 0.1) is 5.92 Å². The summed E-state index contributed by atoms with van der Waals surface area (Å²) in [5.74, 6) is 0.817. The second kappa shape index (κ2) is 7.39. The molecule has 2 nitrogen and oxygen atoms in total. The quantitative estimate of drug-likeness (QED) is 0.749. The second-order valence-corrected chi connectivity index (χ2v) is 7.64. The van der Waals surface area contributed by atoms with E-state index >= 15 is 0 Å². The number of rotatable bonds is 5. The maximum absolute atomic E-state index is 10.6. The van der Waals surface area contributed by atoms with E-state index in [0.29, 0.717) is 6.54 Å². The molecule has 1 fully saturated rings. The summed E-state index contributed by atoms with van der Waals surface area (Å²) in [6.45, 7) is 3.74. The van der Waals surface area contributed by atoms with Gasteiger partial charge in [-0.1, -0.05) is 19.4 Å². The van der Waals surface area contributed by atoms with E-state index in [1.807, 2.05) is 6.07 Å². The largest absolute Gasteiger partial charge is 0.389 e. The molecule has 2 N–H and O–H groups in total. The average Bonchev–Trinajstić information content (AvgIpc) is 2.44. The number of halogens is 2. The molecule has 0 unspecified atom stereocenters. The topological polar surface area (TPSA) is 32.3 Å². The molecule has 20 heavy (non-hydrogen) atoms. The van der Waals surface area contributed by atoms with Crippen molar-refractivity contribution in [1.29, 1.82) is 0 Å². The van der Waals surface area contributed by atoms with Crippen LogP contribution in [0.4, 0.5) is 0 Å². The standard InChI is InChI=1S/C16H23Br2NO/c1-2-12-5-7-16(20,8-6-12)11-19-10-13-3-4-14(17)15(18)9-13/h3-4,9,12,19-20H,2,5-8,10-11H2,1H3. The minimum Gasteiger partial charge on any atom is -0.389 e. The molecule has 2 rings (SSSR count). The van der Waals surface area contributed by atoms with E-state index in [0.717, 1.165) is 34.2 Å². The molecule has 0 spiro atoms. The van der Waals surface area contributed by atoms with Crippen LogP contribution < -0.4 is 5.32 Å². The summed E-state index contributed by atoms with van der Waals surface area (Å²) >= 11 is 6.99. The highest BCUT2D eigenvalue weighted by molar-refractivity contribution is 9.13. The molecular weight excluding hydrogens is 382 g/mol. The summed E-state index contributed by atoms with van der Waals surface area (Å²) in [7, 11) is 0. The number of hydrogen-bond acceptors (Lipinski definition) is 2. The Morgan fingerprint density at radius 3 is 2.55 bits per heavy atom. The molecule has 0 amide bonds. The first-order valence-corrected chi connectivity index (χ1v) is 8.98. The minimum absolute atomic E-state index is 0.502. The molecule has 1 saturated carbocycles. The molecule has 0 saturated heterocycles. The first-order valence-electron chi connectivity index (χ1n) is 7.39. The van der Waals surface area contributed by atoms with Gasteiger partial charge in [0.05, 0.1) is 5.60 Å². The van der Waals surface area contributed by atoms with Gasteiger partial charge in [-0.05, 0) is 81.2 Å². The number of hydrogen-bond donors (Lipinski definition) is 2. The third-order valence-corrected chi connectivity index (χ3v) is 6.26. The molecule has 0 aromatic heterocycles. The zero-order valence-corrected chi connectivity index (χ0v) is 15.1. The summed E-state index contributed by atoms with van der Waals surface area (Å²) in [4.78, 5) is 0. The van der Waals surface area contributed by atoms with Crippen molar-refractivity contribution in [3.63, 3.8) is 0 Å². The molecule has 0 aliphatic heterocycles. The van der Waals surface area contributed by atoms with Crippen molar-refractivity contribution in [2.24, 2.45) is 5.92 Å². The summed E-state index contributed by atoms with van der Waals surface area (Å²) in [6, 6.07) is 6.25. The molecule has 112 valence electrons. The molecular formula is C16H23Br2NO. The summed E-state index contributed by atoms with van der Waals surface area (Å²) in [6.07, 6.45) is 5.44. The van der Waals surface area contributed by atoms with E-state index in [1.165, 1.54) is 24.8 Å². The highest BCUT2D eigenvalue weighted by atomic mass is 79.9. The molecule has 1 aromatic rings. The molecule has 4 heteroatoms. The number of benzene rings is 1. The van der Waals surface area contributed by atoms with E-state index in [4.69, 9.17) is 0 Å². The van der Waals surface area contributed by atoms with Crippen molar-refractivity contribution >= 4 is 31.9 Å². The van der Waals surface area contributed by atoms with Crippen LogP contribution in [0.2, 0.25) is 0 Å². The SMILES string of the molecule is CCC1CCC(O)(CNCc2ccc(Br)c(Br)c2)CC1. The van der Waals surface area contributed by atoms with Crippen molar-refractivity contribution in [3.05, 3.63) is 32.7 Å². The smallest absolute Gasteiger partial charge is 0.0771 e. The Balaban J connectivity index is 1.79. The molecule has 1 aliphatic carbocycles. The van der Waals surface area contributed by atoms with Gasteiger partial charge in [-0.2, -0.15) is 0 Å². The van der Waals surface area contributed by atoms with Crippen molar-refractivity contribution in [2.75, 3.05) is 6.54 Å². The summed E-state index contributed by atoms with van der Waals surface area (Å²) in [5.41, 5.74) is 0.726. The van der Waals surface area contributed by atoms with Gasteiger partial charge in [0.1, 0.15) is 0 Å². The molecule has 0 atom stereocenters. The second-order valence-electron chi connectivity index (χ2n) is 5.93. The average molecular weight is 405 g/mol. The van der Waals surface area contributed by atoms with Crippen LogP contribution >= 0.6 is 31.9 Å². The predicted molar refractivity (Wildman–Crippen MR) is 90.7 cm³/mol. The van der Waals surface area contributed by atoms with Crippen LogP contribution in [0.1, 0.15) is 44.6 Å². The van der Waals surface area contributed by atoms with Gasteiger partial charge >= 0.3 is 0 Å². The minimum atomic E-state index is -0.502. The lowest BCUT2D eigenvalue weighted by atomic mass is 9.78. The Morgan fingerprint density at radius 1 is 1.25 bits per heavy atom. The molecule has 0 bridgehead atoms. The normalized spacial score (nSPS) is 26.7. The van der Waals surface area contributed by atoms with E-state index in [-0.39, 0.29) is 0 Å². The number of nitrogens with one attached hydrogen (secondary N) is 1. The first kappa shape index (κ1) is 16.5. The van der Waals surface area contributed by atoms with Crippen LogP contribution in [-0.4, -0.2) is 17.3 Å². The predicted octanol–water partition coefficient (Wildman–Crippen LogP) is 4.63. The lowest BCUT2D eigenvalue weighted by Gasteiger charge is -2.36. The van der Waals surface area contributed by atoms with Gasteiger partial charge in [-0.15, -0.1) is 0 Å². The Hall–Kier alpha value is 0.1000. The first-order chi connectivity index (χ1) is 9.52. The fraction of sp³-hybridized carbons (Fsp3) is 0.625. The molecule has 0 heterocycles. The zero-order valence-electron chi connectivity index (χ0n) is 12.0. The summed E-state index contributed by atoms with van der Waals surface area (Å²) in [5, 5.41) is 14.0. The zero-order chi connectivity index (χ0) is 14.6. The van der Waals surface area contributed by atoms with E-state index in [1.54, 1.807) is 0 Å². The van der Waals surface area contributed by atoms with Gasteiger partial charge in [0.15, 0.2) is 0 Å². The lowest BCUT2D eigenvalue weighted by Crippen LogP contribution is -2.43. The van der Waals surface area contributed by atoms with Crippen LogP contribution in [0.3, 0.4) is 0 Å². The molecule has 1 aliphatic rings. The van der Waals surface area contributed by atoms with Crippen LogP contribution in [-0.2, 0) is 6.54 Å². The van der Waals surface area contributed by atoms with Crippen molar-refractivity contribution in [2.45, 2.75) is 51.2 Å². The van der Waals surface area contributed by atoms with Crippen LogP contribution in [0.5, 0.6) is 0 Å². The van der Waals surface area contributed by atoms with Crippen molar-refractivity contribution in [3.8, 4) is 0 Å². The van der Waals surface area contributed by atoms with E-state index in [2.05, 4.69) is 56.2 Å². The third kappa shape index (κ3) is 4.55. The Morgan fingerprint density at radius 2 is 1.95 bits per heavy atom. The molecule has 1 aromatic carbocycles. The number of aliphatic hydroxyl groups is 1. The molecule has 0 radical (unpaired) electrons. The van der Waals surface area contributed by atoms with Gasteiger partial charge < -0.3 is 10.4 Å². The Kier molecular flexibility index (Phi) is 6.09. The van der Waals surface area contributed by atoms with Gasteiger partial charge in [0, 0.05) is 22.0 Å². The van der Waals surface area contributed by atoms with E-state index in [9.17, 15) is 5.11 Å². The maximum Gasteiger partial charge on any atom is 0.0771 e. The lowest BCUT2D eigenvalue weighted by molar-refractivity contribution is -0.00881. The highest BCUT2D eigenvalue weighted by Gasteiger charge is 2.31. The Labute approximate surface area is 138 Å². The fourth-order valence-corrected chi connectivity index (χ4v) is 3.56. The van der Waals surface area contributed by atoms with Crippen LogP contribution in [0.25, 0.3) is 0 Å². The summed E-state index contributed by atoms with van der Waals surface area (Å²) < 4.78 is 2.14. The third-order valence-electron chi connectivity index (χ3n) is 4.38.